The smallest absolute Gasteiger partial charge is 0.141 e. The van der Waals surface area contributed by atoms with Crippen molar-refractivity contribution in [3.05, 3.63) is 53.4 Å². The zero-order chi connectivity index (χ0) is 17.4. The fourth-order valence-electron chi connectivity index (χ4n) is 4.77. The third-order valence-corrected chi connectivity index (χ3v) is 6.80. The highest BCUT2D eigenvalue weighted by Crippen LogP contribution is 2.46. The first-order valence-corrected chi connectivity index (χ1v) is 10.3. The van der Waals surface area contributed by atoms with Gasteiger partial charge in [0.1, 0.15) is 5.76 Å². The number of piperidine rings is 1. The highest BCUT2D eigenvalue weighted by atomic mass is 16.5. The highest BCUT2D eigenvalue weighted by Gasteiger charge is 2.45. The lowest BCUT2D eigenvalue weighted by Gasteiger charge is -2.40. The van der Waals surface area contributed by atoms with Gasteiger partial charge in [-0.3, -0.25) is 0 Å². The topological polar surface area (TPSA) is 50.1 Å². The predicted molar refractivity (Wildman–Crippen MR) is 102 cm³/mol. The van der Waals surface area contributed by atoms with Gasteiger partial charge in [-0.15, -0.1) is 0 Å². The number of benzene rings is 1. The van der Waals surface area contributed by atoms with Gasteiger partial charge >= 0.3 is 0 Å². The average Bonchev–Trinajstić information content (AvgIpc) is 3.28. The summed E-state index contributed by atoms with van der Waals surface area (Å²) in [5.41, 5.74) is 2.86. The van der Waals surface area contributed by atoms with Gasteiger partial charge in [-0.25, -0.2) is 0 Å². The summed E-state index contributed by atoms with van der Waals surface area (Å²) in [4.78, 5) is 0. The zero-order valence-electron chi connectivity index (χ0n) is 15.4. The second-order valence-corrected chi connectivity index (χ2v) is 8.53. The van der Waals surface area contributed by atoms with Crippen molar-refractivity contribution in [1.29, 1.82) is 0 Å². The lowest BCUT2D eigenvalue weighted by molar-refractivity contribution is 0.214. The summed E-state index contributed by atoms with van der Waals surface area (Å²) in [7, 11) is 0. The van der Waals surface area contributed by atoms with E-state index in [0.29, 0.717) is 17.9 Å². The SMILES string of the molecule is c1ccc([C@H]2C[C@@H]2NCC2(c3cc([C@H]4CCCNC4)on3)CCC2)cc1. The van der Waals surface area contributed by atoms with Crippen molar-refractivity contribution < 1.29 is 4.52 Å². The zero-order valence-corrected chi connectivity index (χ0v) is 15.4. The van der Waals surface area contributed by atoms with Crippen LogP contribution in [0.15, 0.2) is 40.9 Å². The quantitative estimate of drug-likeness (QED) is 0.833. The van der Waals surface area contributed by atoms with Crippen molar-refractivity contribution in [2.75, 3.05) is 19.6 Å². The Morgan fingerprint density at radius 2 is 2.08 bits per heavy atom. The molecule has 1 saturated heterocycles. The Labute approximate surface area is 155 Å². The van der Waals surface area contributed by atoms with Crippen LogP contribution in [0.25, 0.3) is 0 Å². The molecule has 26 heavy (non-hydrogen) atoms. The van der Waals surface area contributed by atoms with Crippen molar-refractivity contribution in [1.82, 2.24) is 15.8 Å². The molecule has 0 bridgehead atoms. The summed E-state index contributed by atoms with van der Waals surface area (Å²) in [6.07, 6.45) is 7.48. The van der Waals surface area contributed by atoms with E-state index in [0.717, 1.165) is 25.4 Å². The van der Waals surface area contributed by atoms with E-state index in [2.05, 4.69) is 52.2 Å². The van der Waals surface area contributed by atoms with E-state index in [1.165, 1.54) is 49.8 Å². The Balaban J connectivity index is 1.22. The van der Waals surface area contributed by atoms with Crippen LogP contribution in [-0.4, -0.2) is 30.8 Å². The van der Waals surface area contributed by atoms with Gasteiger partial charge in [0.05, 0.1) is 5.69 Å². The van der Waals surface area contributed by atoms with Gasteiger partial charge in [-0.05, 0) is 44.2 Å². The van der Waals surface area contributed by atoms with Gasteiger partial charge in [-0.2, -0.15) is 0 Å². The van der Waals surface area contributed by atoms with Crippen molar-refractivity contribution >= 4 is 0 Å². The molecule has 0 amide bonds. The van der Waals surface area contributed by atoms with E-state index in [1.807, 2.05) is 0 Å². The van der Waals surface area contributed by atoms with Gasteiger partial charge < -0.3 is 15.2 Å². The molecule has 4 heteroatoms. The third-order valence-electron chi connectivity index (χ3n) is 6.80. The molecule has 1 aliphatic heterocycles. The maximum Gasteiger partial charge on any atom is 0.141 e. The van der Waals surface area contributed by atoms with Gasteiger partial charge in [0.2, 0.25) is 0 Å². The molecule has 2 N–H and O–H groups in total. The standard InChI is InChI=1S/C22H29N3O/c1-2-6-16(7-3-1)18-12-19(18)24-15-22(9-5-10-22)21-13-20(26-25-21)17-8-4-11-23-14-17/h1-3,6-7,13,17-19,23-24H,4-5,8-12,14-15H2/t17-,18+,19-/m0/s1. The number of rotatable bonds is 6. The van der Waals surface area contributed by atoms with Crippen LogP contribution in [0.5, 0.6) is 0 Å². The highest BCUT2D eigenvalue weighted by molar-refractivity contribution is 5.29. The van der Waals surface area contributed by atoms with Crippen LogP contribution in [-0.2, 0) is 5.41 Å². The molecule has 3 aliphatic rings. The maximum atomic E-state index is 5.78. The van der Waals surface area contributed by atoms with E-state index in [4.69, 9.17) is 4.52 Å². The Hall–Kier alpha value is -1.65. The first-order valence-electron chi connectivity index (χ1n) is 10.3. The molecule has 1 aromatic carbocycles. The molecule has 138 valence electrons. The lowest BCUT2D eigenvalue weighted by Crippen LogP contribution is -2.45. The molecule has 2 heterocycles. The number of nitrogens with one attached hydrogen (secondary N) is 2. The molecule has 3 fully saturated rings. The third kappa shape index (κ3) is 3.10. The first-order chi connectivity index (χ1) is 12.8. The number of hydrogen-bond donors (Lipinski definition) is 2. The van der Waals surface area contributed by atoms with Gasteiger partial charge in [0.15, 0.2) is 0 Å². The van der Waals surface area contributed by atoms with Crippen molar-refractivity contribution in [2.45, 2.75) is 61.8 Å². The Bertz CT molecular complexity index is 731. The summed E-state index contributed by atoms with van der Waals surface area (Å²) < 4.78 is 5.78. The minimum absolute atomic E-state index is 0.202. The molecular formula is C22H29N3O. The van der Waals surface area contributed by atoms with E-state index in [9.17, 15) is 0 Å². The van der Waals surface area contributed by atoms with Crippen LogP contribution >= 0.6 is 0 Å². The minimum atomic E-state index is 0.202. The fraction of sp³-hybridized carbons (Fsp3) is 0.591. The summed E-state index contributed by atoms with van der Waals surface area (Å²) >= 11 is 0. The van der Waals surface area contributed by atoms with Crippen LogP contribution in [0.2, 0.25) is 0 Å². The van der Waals surface area contributed by atoms with Crippen molar-refractivity contribution in [2.24, 2.45) is 0 Å². The largest absolute Gasteiger partial charge is 0.361 e. The molecular weight excluding hydrogens is 322 g/mol. The fourth-order valence-corrected chi connectivity index (χ4v) is 4.77. The Morgan fingerprint density at radius 1 is 1.19 bits per heavy atom. The van der Waals surface area contributed by atoms with Crippen molar-refractivity contribution in [3.63, 3.8) is 0 Å². The van der Waals surface area contributed by atoms with Gasteiger partial charge in [0, 0.05) is 42.4 Å². The van der Waals surface area contributed by atoms with Crippen LogP contribution in [0, 0.1) is 0 Å². The Kier molecular flexibility index (Phi) is 4.33. The maximum absolute atomic E-state index is 5.78. The second kappa shape index (κ2) is 6.82. The van der Waals surface area contributed by atoms with Gasteiger partial charge in [0.25, 0.3) is 0 Å². The summed E-state index contributed by atoms with van der Waals surface area (Å²) in [6, 6.07) is 13.8. The molecule has 0 spiro atoms. The molecule has 0 radical (unpaired) electrons. The second-order valence-electron chi connectivity index (χ2n) is 8.53. The molecule has 4 nitrogen and oxygen atoms in total. The molecule has 1 aromatic heterocycles. The number of hydrogen-bond acceptors (Lipinski definition) is 4. The summed E-state index contributed by atoms with van der Waals surface area (Å²) in [5.74, 6) is 2.28. The normalized spacial score (nSPS) is 29.9. The van der Waals surface area contributed by atoms with E-state index < -0.39 is 0 Å². The van der Waals surface area contributed by atoms with Gasteiger partial charge in [-0.1, -0.05) is 41.9 Å². The molecule has 3 atom stereocenters. The van der Waals surface area contributed by atoms with E-state index >= 15 is 0 Å². The summed E-state index contributed by atoms with van der Waals surface area (Å²) in [6.45, 7) is 3.20. The predicted octanol–water partition coefficient (Wildman–Crippen LogP) is 3.71. The summed E-state index contributed by atoms with van der Waals surface area (Å²) in [5, 5.41) is 11.8. The van der Waals surface area contributed by atoms with Crippen molar-refractivity contribution in [3.8, 4) is 0 Å². The van der Waals surface area contributed by atoms with E-state index in [-0.39, 0.29) is 5.41 Å². The van der Waals surface area contributed by atoms with Crippen LogP contribution < -0.4 is 10.6 Å². The molecule has 2 aromatic rings. The molecule has 0 unspecified atom stereocenters. The Morgan fingerprint density at radius 3 is 2.81 bits per heavy atom. The van der Waals surface area contributed by atoms with E-state index in [1.54, 1.807) is 0 Å². The van der Waals surface area contributed by atoms with Crippen LogP contribution in [0.4, 0.5) is 0 Å². The van der Waals surface area contributed by atoms with Crippen LogP contribution in [0.3, 0.4) is 0 Å². The first kappa shape index (κ1) is 16.5. The number of aromatic nitrogens is 1. The van der Waals surface area contributed by atoms with Crippen LogP contribution in [0.1, 0.15) is 67.4 Å². The average molecular weight is 351 g/mol. The molecule has 2 aliphatic carbocycles. The molecule has 2 saturated carbocycles. The number of nitrogens with zero attached hydrogens (tertiary/aromatic N) is 1. The monoisotopic (exact) mass is 351 g/mol. The minimum Gasteiger partial charge on any atom is -0.361 e. The molecule has 5 rings (SSSR count). The lowest BCUT2D eigenvalue weighted by atomic mass is 9.66.